The minimum Gasteiger partial charge on any atom is -0.744 e. The Morgan fingerprint density at radius 1 is 0.574 bits per heavy atom. The van der Waals surface area contributed by atoms with Gasteiger partial charge in [0, 0.05) is 40.3 Å². The first kappa shape index (κ1) is 46.6. The van der Waals surface area contributed by atoms with Crippen LogP contribution in [0.4, 0.5) is 22.7 Å². The van der Waals surface area contributed by atoms with Crippen LogP contribution in [0, 0.1) is 13.8 Å². The Labute approximate surface area is 354 Å². The average molecular weight is 867 g/mol. The molecule has 0 aliphatic carbocycles. The summed E-state index contributed by atoms with van der Waals surface area (Å²) in [7, 11) is -6.58. The van der Waals surface area contributed by atoms with E-state index in [9.17, 15) is 35.5 Å². The Morgan fingerprint density at radius 2 is 0.934 bits per heavy atom. The number of anilines is 4. The van der Waals surface area contributed by atoms with Gasteiger partial charge in [0.25, 0.3) is 11.8 Å². The number of amides is 2. The van der Waals surface area contributed by atoms with Gasteiger partial charge >= 0.3 is 5.96 Å². The number of aromatic nitrogens is 1. The van der Waals surface area contributed by atoms with Gasteiger partial charge in [0.1, 0.15) is 27.3 Å². The van der Waals surface area contributed by atoms with Gasteiger partial charge < -0.3 is 25.1 Å². The number of benzene rings is 5. The highest BCUT2D eigenvalue weighted by Gasteiger charge is 2.11. The third-order valence-corrected chi connectivity index (χ3v) is 10.2. The van der Waals surface area contributed by atoms with Crippen LogP contribution in [-0.4, -0.2) is 43.7 Å². The molecular formula is C43H46N8O8S2. The molecular weight excluding hydrogens is 821 g/mol. The Morgan fingerprint density at radius 3 is 1.31 bits per heavy atom. The molecule has 16 nitrogen and oxygen atoms in total. The summed E-state index contributed by atoms with van der Waals surface area (Å²) >= 11 is 0. The van der Waals surface area contributed by atoms with Crippen molar-refractivity contribution < 1.29 is 45.2 Å². The molecule has 2 amide bonds. The molecule has 9 N–H and O–H groups in total. The Kier molecular flexibility index (Phi) is 16.2. The number of nitrogens with zero attached hydrogens (tertiary/aromatic N) is 1. The summed E-state index contributed by atoms with van der Waals surface area (Å²) in [5, 5.41) is 11.7. The van der Waals surface area contributed by atoms with Crippen LogP contribution in [0.2, 0.25) is 0 Å². The van der Waals surface area contributed by atoms with Gasteiger partial charge in [-0.1, -0.05) is 47.5 Å². The maximum absolute atomic E-state index is 12.7. The van der Waals surface area contributed by atoms with Crippen LogP contribution in [0.25, 0.3) is 0 Å². The molecule has 0 aliphatic rings. The van der Waals surface area contributed by atoms with Crippen molar-refractivity contribution in [2.75, 3.05) is 16.0 Å². The van der Waals surface area contributed by atoms with E-state index in [1.807, 2.05) is 105 Å². The fraction of sp³-hybridized carbons (Fsp3) is 0.116. The summed E-state index contributed by atoms with van der Waals surface area (Å²) in [5.74, 6) is -0.460. The van der Waals surface area contributed by atoms with Crippen molar-refractivity contribution in [1.29, 1.82) is 0 Å². The molecule has 1 heterocycles. The number of nitrogens with two attached hydrogens (primary N) is 2. The first-order chi connectivity index (χ1) is 28.8. The molecule has 1 atom stereocenters. The lowest BCUT2D eigenvalue weighted by Gasteiger charge is -2.12. The fourth-order valence-corrected chi connectivity index (χ4v) is 6.05. The Bertz CT molecular complexity index is 2570. The monoisotopic (exact) mass is 866 g/mol. The van der Waals surface area contributed by atoms with Gasteiger partial charge in [-0.2, -0.15) is 5.10 Å². The van der Waals surface area contributed by atoms with Gasteiger partial charge in [0.2, 0.25) is 0 Å². The second kappa shape index (κ2) is 21.2. The number of hydrazine groups is 1. The van der Waals surface area contributed by atoms with Crippen LogP contribution in [0.1, 0.15) is 50.4 Å². The zero-order valence-corrected chi connectivity index (χ0v) is 35.3. The third kappa shape index (κ3) is 15.5. The first-order valence-electron chi connectivity index (χ1n) is 18.4. The quantitative estimate of drug-likeness (QED) is 0.0325. The van der Waals surface area contributed by atoms with E-state index in [-0.39, 0.29) is 33.6 Å². The minimum atomic E-state index is -4.27. The molecule has 0 bridgehead atoms. The van der Waals surface area contributed by atoms with Crippen LogP contribution in [0.5, 0.6) is 0 Å². The number of aryl methyl sites for hydroxylation is 3. The van der Waals surface area contributed by atoms with E-state index in [2.05, 4.69) is 26.5 Å². The maximum atomic E-state index is 12.7. The largest absolute Gasteiger partial charge is 0.744 e. The molecule has 1 aromatic heterocycles. The van der Waals surface area contributed by atoms with Gasteiger partial charge in [-0.05, 0) is 111 Å². The van der Waals surface area contributed by atoms with E-state index < -0.39 is 20.2 Å². The highest BCUT2D eigenvalue weighted by molar-refractivity contribution is 7.86. The highest BCUT2D eigenvalue weighted by atomic mass is 32.2. The van der Waals surface area contributed by atoms with E-state index in [1.165, 1.54) is 24.3 Å². The lowest BCUT2D eigenvalue weighted by molar-refractivity contribution is -0.671. The van der Waals surface area contributed by atoms with Crippen molar-refractivity contribution in [2.45, 2.75) is 36.6 Å². The molecule has 18 heteroatoms. The number of hydrogen-bond donors (Lipinski definition) is 7. The van der Waals surface area contributed by atoms with E-state index in [1.54, 1.807) is 48.5 Å². The predicted octanol–water partition coefficient (Wildman–Crippen LogP) is 3.48. The van der Waals surface area contributed by atoms with Crippen molar-refractivity contribution in [3.63, 3.8) is 0 Å². The number of rotatable bonds is 11. The second-order valence-electron chi connectivity index (χ2n) is 13.5. The topological polar surface area (TPSA) is 267 Å². The van der Waals surface area contributed by atoms with Gasteiger partial charge in [-0.3, -0.25) is 26.5 Å². The summed E-state index contributed by atoms with van der Waals surface area (Å²) in [6, 6.07) is 36.8. The number of hydrogen-bond acceptors (Lipinski definition) is 10. The summed E-state index contributed by atoms with van der Waals surface area (Å²) in [4.78, 5) is 25.0. The molecule has 61 heavy (non-hydrogen) atoms. The maximum Gasteiger partial charge on any atom is 0.360 e. The third-order valence-electron chi connectivity index (χ3n) is 8.54. The van der Waals surface area contributed by atoms with Gasteiger partial charge in [0.05, 0.1) is 21.5 Å². The van der Waals surface area contributed by atoms with Crippen molar-refractivity contribution in [3.8, 4) is 0 Å². The van der Waals surface area contributed by atoms with Crippen LogP contribution in [0.3, 0.4) is 0 Å². The lowest BCUT2D eigenvalue weighted by atomic mass is 10.1. The summed E-state index contributed by atoms with van der Waals surface area (Å²) < 4.78 is 64.3. The Hall–Kier alpha value is -7.12. The predicted molar refractivity (Wildman–Crippen MR) is 230 cm³/mol. The fourth-order valence-electron chi connectivity index (χ4n) is 5.11. The number of guanidine groups is 1. The summed E-state index contributed by atoms with van der Waals surface area (Å²) in [5.41, 5.74) is 20.7. The molecule has 0 saturated heterocycles. The van der Waals surface area contributed by atoms with Gasteiger partial charge in [-0.25, -0.2) is 21.4 Å². The number of nitrogens with one attached hydrogen (secondary N) is 5. The van der Waals surface area contributed by atoms with E-state index in [0.717, 1.165) is 28.1 Å². The van der Waals surface area contributed by atoms with Crippen LogP contribution >= 0.6 is 0 Å². The lowest BCUT2D eigenvalue weighted by Crippen LogP contribution is -2.87. The number of hydrazone groups is 1. The molecule has 0 fully saturated rings. The van der Waals surface area contributed by atoms with Crippen molar-refractivity contribution in [1.82, 2.24) is 5.43 Å². The minimum absolute atomic E-state index is 0.0527. The van der Waals surface area contributed by atoms with E-state index in [4.69, 9.17) is 11.5 Å². The number of carbonyl (C=O) groups excluding carboxylic acids is 2. The van der Waals surface area contributed by atoms with Gasteiger partial charge in [-0.15, -0.1) is 0 Å². The van der Waals surface area contributed by atoms with E-state index >= 15 is 0 Å². The van der Waals surface area contributed by atoms with Gasteiger partial charge in [0.15, 0.2) is 12.4 Å². The average Bonchev–Trinajstić information content (AvgIpc) is 3.22. The molecule has 5 aromatic carbocycles. The van der Waals surface area contributed by atoms with Crippen LogP contribution in [0.15, 0.2) is 156 Å². The Balaban J connectivity index is 0.000000301. The molecule has 0 aliphatic heterocycles. The van der Waals surface area contributed by atoms with Crippen molar-refractivity contribution >= 4 is 60.8 Å². The highest BCUT2D eigenvalue weighted by Crippen LogP contribution is 2.20. The summed E-state index contributed by atoms with van der Waals surface area (Å²) in [6.07, 6.45) is 3.92. The van der Waals surface area contributed by atoms with E-state index in [0.29, 0.717) is 22.5 Å². The molecule has 0 radical (unpaired) electrons. The molecule has 1 unspecified atom stereocenters. The van der Waals surface area contributed by atoms with Crippen LogP contribution in [-0.2, 0) is 27.3 Å². The standard InChI is InChI=1S/C29H30N8O2.2C7H8O3S/c1-19(35-36-29(30)31)20-7-9-24(10-8-20)33-27(38)21-3-5-22(6-4-21)28(39)34-25-13-11-23(12-14-25)32-26-15-17-37(2)18-16-26;2*1-6-2-4-7(5-3-6)11(8,9)10/h3-19H,1-2H3,(H7,30,31,33,34,35,36,38,39);2*2-5H,1H3,(H,8,9,10). The smallest absolute Gasteiger partial charge is 0.360 e. The van der Waals surface area contributed by atoms with Crippen molar-refractivity contribution in [3.05, 3.63) is 174 Å². The molecule has 318 valence electrons. The number of carbonyl (C=O) groups is 2. The molecule has 6 aromatic rings. The molecule has 0 saturated carbocycles. The molecule has 0 spiro atoms. The van der Waals surface area contributed by atoms with Crippen molar-refractivity contribution in [2.24, 2.45) is 18.5 Å². The summed E-state index contributed by atoms with van der Waals surface area (Å²) in [6.45, 7) is 5.59. The zero-order valence-electron chi connectivity index (χ0n) is 33.6. The zero-order chi connectivity index (χ0) is 44.7. The number of pyridine rings is 1. The SMILES string of the molecule is CC(N[NH+]=C(N)N)c1ccc(NC(=O)c2ccc(C(=O)Nc3ccc(Nc4cc[n+](C)cc4)cc3)cc2)cc1.Cc1ccc(S(=O)(=O)[O-])cc1.Cc1ccc(S(=O)(=O)[O-])cc1. The van der Waals surface area contributed by atoms with Crippen LogP contribution < -0.4 is 42.5 Å². The normalized spacial score (nSPS) is 11.2. The first-order valence-corrected chi connectivity index (χ1v) is 21.2. The molecule has 6 rings (SSSR count). The second-order valence-corrected chi connectivity index (χ2v) is 16.3.